The molecule has 70 valence electrons. The van der Waals surface area contributed by atoms with Gasteiger partial charge in [-0.2, -0.15) is 0 Å². The second-order valence-corrected chi connectivity index (χ2v) is 3.62. The summed E-state index contributed by atoms with van der Waals surface area (Å²) in [6, 6.07) is 6.04. The van der Waals surface area contributed by atoms with Gasteiger partial charge in [-0.05, 0) is 30.2 Å². The summed E-state index contributed by atoms with van der Waals surface area (Å²) in [5, 5.41) is 0. The summed E-state index contributed by atoms with van der Waals surface area (Å²) in [5.74, 6) is 0.950. The van der Waals surface area contributed by atoms with E-state index in [1.165, 1.54) is 5.56 Å². The SMILES string of the molecule is C=CCOc1ccc(Br)cc1CC. The van der Waals surface area contributed by atoms with Crippen molar-refractivity contribution >= 4 is 15.9 Å². The third-order valence-electron chi connectivity index (χ3n) is 1.76. The number of rotatable bonds is 4. The second kappa shape index (κ2) is 5.07. The van der Waals surface area contributed by atoms with Crippen LogP contribution in [0.1, 0.15) is 12.5 Å². The van der Waals surface area contributed by atoms with E-state index in [0.717, 1.165) is 16.6 Å². The summed E-state index contributed by atoms with van der Waals surface area (Å²) in [7, 11) is 0. The highest BCUT2D eigenvalue weighted by Crippen LogP contribution is 2.23. The van der Waals surface area contributed by atoms with Gasteiger partial charge < -0.3 is 4.74 Å². The zero-order chi connectivity index (χ0) is 9.68. The first kappa shape index (κ1) is 10.3. The number of hydrogen-bond donors (Lipinski definition) is 0. The third kappa shape index (κ3) is 2.88. The van der Waals surface area contributed by atoms with Crippen molar-refractivity contribution in [3.8, 4) is 5.75 Å². The lowest BCUT2D eigenvalue weighted by molar-refractivity contribution is 0.359. The summed E-state index contributed by atoms with van der Waals surface area (Å²) in [6.45, 7) is 6.29. The minimum atomic E-state index is 0.564. The van der Waals surface area contributed by atoms with E-state index in [4.69, 9.17) is 4.74 Å². The summed E-state index contributed by atoms with van der Waals surface area (Å²) in [5.41, 5.74) is 1.22. The van der Waals surface area contributed by atoms with Gasteiger partial charge in [0.15, 0.2) is 0 Å². The van der Waals surface area contributed by atoms with Crippen molar-refractivity contribution in [2.75, 3.05) is 6.61 Å². The van der Waals surface area contributed by atoms with Crippen molar-refractivity contribution in [1.29, 1.82) is 0 Å². The molecule has 1 nitrogen and oxygen atoms in total. The van der Waals surface area contributed by atoms with E-state index in [9.17, 15) is 0 Å². The van der Waals surface area contributed by atoms with Crippen molar-refractivity contribution in [3.05, 3.63) is 40.9 Å². The number of ether oxygens (including phenoxy) is 1. The van der Waals surface area contributed by atoms with E-state index in [-0.39, 0.29) is 0 Å². The topological polar surface area (TPSA) is 9.23 Å². The summed E-state index contributed by atoms with van der Waals surface area (Å²) in [4.78, 5) is 0. The predicted molar refractivity (Wildman–Crippen MR) is 59.2 cm³/mol. The Balaban J connectivity index is 2.85. The van der Waals surface area contributed by atoms with Crippen LogP contribution in [0.15, 0.2) is 35.3 Å². The van der Waals surface area contributed by atoms with E-state index in [1.807, 2.05) is 12.1 Å². The molecule has 2 heteroatoms. The molecule has 0 saturated heterocycles. The Labute approximate surface area is 87.5 Å². The molecule has 0 fully saturated rings. The van der Waals surface area contributed by atoms with Crippen LogP contribution in [-0.2, 0) is 6.42 Å². The molecule has 0 bridgehead atoms. The van der Waals surface area contributed by atoms with Gasteiger partial charge in [-0.3, -0.25) is 0 Å². The zero-order valence-electron chi connectivity index (χ0n) is 7.72. The van der Waals surface area contributed by atoms with Gasteiger partial charge in [0.2, 0.25) is 0 Å². The number of aryl methyl sites for hydroxylation is 1. The molecule has 1 aromatic carbocycles. The Kier molecular flexibility index (Phi) is 4.03. The minimum absolute atomic E-state index is 0.564. The van der Waals surface area contributed by atoms with Crippen molar-refractivity contribution in [1.82, 2.24) is 0 Å². The lowest BCUT2D eigenvalue weighted by Crippen LogP contribution is -1.96. The molecule has 0 aliphatic rings. The molecule has 13 heavy (non-hydrogen) atoms. The lowest BCUT2D eigenvalue weighted by Gasteiger charge is -2.08. The van der Waals surface area contributed by atoms with Crippen molar-refractivity contribution in [2.45, 2.75) is 13.3 Å². The minimum Gasteiger partial charge on any atom is -0.489 e. The molecular weight excluding hydrogens is 228 g/mol. The predicted octanol–water partition coefficient (Wildman–Crippen LogP) is 3.58. The monoisotopic (exact) mass is 240 g/mol. The molecule has 0 aromatic heterocycles. The number of benzene rings is 1. The van der Waals surface area contributed by atoms with Gasteiger partial charge in [0.25, 0.3) is 0 Å². The van der Waals surface area contributed by atoms with Crippen LogP contribution in [0.4, 0.5) is 0 Å². The highest BCUT2D eigenvalue weighted by molar-refractivity contribution is 9.10. The summed E-state index contributed by atoms with van der Waals surface area (Å²) in [6.07, 6.45) is 2.73. The van der Waals surface area contributed by atoms with Gasteiger partial charge in [0, 0.05) is 4.47 Å². The van der Waals surface area contributed by atoms with Crippen molar-refractivity contribution in [2.24, 2.45) is 0 Å². The maximum atomic E-state index is 5.49. The Morgan fingerprint density at radius 2 is 2.31 bits per heavy atom. The van der Waals surface area contributed by atoms with E-state index in [1.54, 1.807) is 6.08 Å². The molecule has 0 atom stereocenters. The molecule has 0 radical (unpaired) electrons. The smallest absolute Gasteiger partial charge is 0.123 e. The maximum absolute atomic E-state index is 5.49. The molecule has 1 rings (SSSR count). The van der Waals surface area contributed by atoms with Crippen LogP contribution < -0.4 is 4.74 Å². The largest absolute Gasteiger partial charge is 0.489 e. The molecule has 0 N–H and O–H groups in total. The quantitative estimate of drug-likeness (QED) is 0.732. The molecule has 0 unspecified atom stereocenters. The van der Waals surface area contributed by atoms with Crippen LogP contribution in [0.3, 0.4) is 0 Å². The molecule has 0 aliphatic heterocycles. The summed E-state index contributed by atoms with van der Waals surface area (Å²) < 4.78 is 6.59. The number of halogens is 1. The third-order valence-corrected chi connectivity index (χ3v) is 2.25. The molecule has 0 saturated carbocycles. The Morgan fingerprint density at radius 1 is 1.54 bits per heavy atom. The fraction of sp³-hybridized carbons (Fsp3) is 0.273. The molecule has 0 heterocycles. The molecule has 0 aliphatic carbocycles. The standard InChI is InChI=1S/C11H13BrO/c1-3-7-13-11-6-5-10(12)8-9(11)4-2/h3,5-6,8H,1,4,7H2,2H3. The van der Waals surface area contributed by atoms with Gasteiger partial charge in [0.1, 0.15) is 12.4 Å². The van der Waals surface area contributed by atoms with Crippen LogP contribution in [-0.4, -0.2) is 6.61 Å². The van der Waals surface area contributed by atoms with Crippen LogP contribution in [0.25, 0.3) is 0 Å². The van der Waals surface area contributed by atoms with Crippen LogP contribution in [0, 0.1) is 0 Å². The van der Waals surface area contributed by atoms with Crippen LogP contribution in [0.2, 0.25) is 0 Å². The Hall–Kier alpha value is -0.760. The van der Waals surface area contributed by atoms with Gasteiger partial charge in [-0.1, -0.05) is 35.5 Å². The van der Waals surface area contributed by atoms with Gasteiger partial charge >= 0.3 is 0 Å². The molecule has 0 spiro atoms. The Morgan fingerprint density at radius 3 is 2.92 bits per heavy atom. The van der Waals surface area contributed by atoms with E-state index >= 15 is 0 Å². The average Bonchev–Trinajstić information content (AvgIpc) is 2.16. The van der Waals surface area contributed by atoms with Gasteiger partial charge in [-0.15, -0.1) is 0 Å². The van der Waals surface area contributed by atoms with E-state index in [0.29, 0.717) is 6.61 Å². The molecule has 0 amide bonds. The van der Waals surface area contributed by atoms with Crippen molar-refractivity contribution < 1.29 is 4.74 Å². The first-order valence-electron chi connectivity index (χ1n) is 4.30. The van der Waals surface area contributed by atoms with Crippen LogP contribution >= 0.6 is 15.9 Å². The fourth-order valence-electron chi connectivity index (χ4n) is 1.11. The molecule has 1 aromatic rings. The average molecular weight is 241 g/mol. The fourth-order valence-corrected chi connectivity index (χ4v) is 1.52. The highest BCUT2D eigenvalue weighted by Gasteiger charge is 2.01. The number of hydrogen-bond acceptors (Lipinski definition) is 1. The Bertz CT molecular complexity index is 294. The van der Waals surface area contributed by atoms with Gasteiger partial charge in [-0.25, -0.2) is 0 Å². The lowest BCUT2D eigenvalue weighted by atomic mass is 10.1. The second-order valence-electron chi connectivity index (χ2n) is 2.71. The van der Waals surface area contributed by atoms with Crippen LogP contribution in [0.5, 0.6) is 5.75 Å². The maximum Gasteiger partial charge on any atom is 0.123 e. The zero-order valence-corrected chi connectivity index (χ0v) is 9.30. The highest BCUT2D eigenvalue weighted by atomic mass is 79.9. The van der Waals surface area contributed by atoms with Crippen molar-refractivity contribution in [3.63, 3.8) is 0 Å². The van der Waals surface area contributed by atoms with Gasteiger partial charge in [0.05, 0.1) is 0 Å². The summed E-state index contributed by atoms with van der Waals surface area (Å²) >= 11 is 3.43. The first-order chi connectivity index (χ1) is 6.27. The molecular formula is C11H13BrO. The first-order valence-corrected chi connectivity index (χ1v) is 5.09. The van der Waals surface area contributed by atoms with E-state index in [2.05, 4.69) is 35.5 Å². The van der Waals surface area contributed by atoms with E-state index < -0.39 is 0 Å². The normalized spacial score (nSPS) is 9.69.